The highest BCUT2D eigenvalue weighted by Gasteiger charge is 2.10. The minimum absolute atomic E-state index is 0.157. The van der Waals surface area contributed by atoms with E-state index in [9.17, 15) is 4.79 Å². The summed E-state index contributed by atoms with van der Waals surface area (Å²) in [6, 6.07) is 15.5. The summed E-state index contributed by atoms with van der Waals surface area (Å²) in [5.41, 5.74) is 2.96. The molecule has 128 valence electrons. The number of amides is 2. The number of hydrogen-bond acceptors (Lipinski definition) is 4. The molecule has 0 bridgehead atoms. The normalized spacial score (nSPS) is 10.4. The third-order valence-corrected chi connectivity index (χ3v) is 4.95. The van der Waals surface area contributed by atoms with Gasteiger partial charge in [-0.3, -0.25) is 4.98 Å². The van der Waals surface area contributed by atoms with Crippen LogP contribution in [0.2, 0.25) is 0 Å². The molecule has 2 heterocycles. The van der Waals surface area contributed by atoms with Crippen molar-refractivity contribution in [1.82, 2.24) is 20.6 Å². The molecule has 0 unspecified atom stereocenters. The number of thiazole rings is 1. The van der Waals surface area contributed by atoms with Gasteiger partial charge in [0.1, 0.15) is 5.01 Å². The molecule has 0 saturated carbocycles. The highest BCUT2D eigenvalue weighted by molar-refractivity contribution is 7.15. The molecule has 6 heteroatoms. The Hall–Kier alpha value is -2.73. The van der Waals surface area contributed by atoms with Crippen LogP contribution in [0.3, 0.4) is 0 Å². The summed E-state index contributed by atoms with van der Waals surface area (Å²) in [4.78, 5) is 22.0. The molecule has 2 aromatic heterocycles. The number of carbonyl (C=O) groups excluding carboxylic acids is 1. The highest BCUT2D eigenvalue weighted by Crippen LogP contribution is 2.26. The van der Waals surface area contributed by atoms with Crippen molar-refractivity contribution in [3.63, 3.8) is 0 Å². The quantitative estimate of drug-likeness (QED) is 0.713. The van der Waals surface area contributed by atoms with Crippen molar-refractivity contribution < 1.29 is 4.79 Å². The van der Waals surface area contributed by atoms with Crippen LogP contribution in [0.25, 0.3) is 10.7 Å². The number of benzene rings is 1. The van der Waals surface area contributed by atoms with Gasteiger partial charge in [-0.15, -0.1) is 11.3 Å². The number of carbonyl (C=O) groups is 1. The van der Waals surface area contributed by atoms with Crippen LogP contribution >= 0.6 is 11.3 Å². The van der Waals surface area contributed by atoms with Crippen LogP contribution in [0.15, 0.2) is 54.7 Å². The molecule has 0 fully saturated rings. The van der Waals surface area contributed by atoms with Gasteiger partial charge in [-0.25, -0.2) is 9.78 Å². The molecule has 25 heavy (non-hydrogen) atoms. The van der Waals surface area contributed by atoms with Crippen LogP contribution in [0.4, 0.5) is 4.79 Å². The fourth-order valence-corrected chi connectivity index (χ4v) is 3.43. The van der Waals surface area contributed by atoms with Crippen LogP contribution in [0.1, 0.15) is 16.1 Å². The van der Waals surface area contributed by atoms with Gasteiger partial charge >= 0.3 is 6.03 Å². The molecule has 0 aliphatic rings. The lowest BCUT2D eigenvalue weighted by molar-refractivity contribution is 0.240. The van der Waals surface area contributed by atoms with Gasteiger partial charge in [0.15, 0.2) is 0 Å². The van der Waals surface area contributed by atoms with E-state index in [1.54, 1.807) is 17.5 Å². The minimum Gasteiger partial charge on any atom is -0.338 e. The molecule has 0 aliphatic heterocycles. The van der Waals surface area contributed by atoms with Crippen LogP contribution in [-0.4, -0.2) is 22.5 Å². The molecular weight excluding hydrogens is 332 g/mol. The zero-order chi connectivity index (χ0) is 17.5. The molecular formula is C19H20N4OS. The van der Waals surface area contributed by atoms with Crippen molar-refractivity contribution in [3.8, 4) is 10.7 Å². The van der Waals surface area contributed by atoms with Gasteiger partial charge in [0, 0.05) is 30.6 Å². The van der Waals surface area contributed by atoms with Gasteiger partial charge in [0.05, 0.1) is 11.4 Å². The standard InChI is InChI=1S/C19H20N4OS/c1-14-17(25-18(23-14)16-9-5-6-11-20-16)10-12-21-19(24)22-13-15-7-3-2-4-8-15/h2-9,11H,10,12-13H2,1H3,(H2,21,22,24). The van der Waals surface area contributed by atoms with E-state index in [0.717, 1.165) is 28.4 Å². The number of nitrogens with one attached hydrogen (secondary N) is 2. The Morgan fingerprint density at radius 2 is 1.88 bits per heavy atom. The minimum atomic E-state index is -0.157. The predicted octanol–water partition coefficient (Wildman–Crippen LogP) is 3.56. The van der Waals surface area contributed by atoms with Gasteiger partial charge in [-0.2, -0.15) is 0 Å². The second-order valence-electron chi connectivity index (χ2n) is 5.59. The van der Waals surface area contributed by atoms with Crippen LogP contribution < -0.4 is 10.6 Å². The summed E-state index contributed by atoms with van der Waals surface area (Å²) in [5, 5.41) is 6.67. The average molecular weight is 352 g/mol. The zero-order valence-corrected chi connectivity index (χ0v) is 14.8. The Morgan fingerprint density at radius 3 is 2.64 bits per heavy atom. The third-order valence-electron chi connectivity index (χ3n) is 3.71. The summed E-state index contributed by atoms with van der Waals surface area (Å²) in [6.45, 7) is 3.09. The number of hydrogen-bond donors (Lipinski definition) is 2. The van der Waals surface area contributed by atoms with E-state index in [-0.39, 0.29) is 6.03 Å². The lowest BCUT2D eigenvalue weighted by Gasteiger charge is -2.07. The third kappa shape index (κ3) is 4.87. The predicted molar refractivity (Wildman–Crippen MR) is 100 cm³/mol. The molecule has 3 rings (SSSR count). The monoisotopic (exact) mass is 352 g/mol. The van der Waals surface area contributed by atoms with Crippen LogP contribution in [0.5, 0.6) is 0 Å². The lowest BCUT2D eigenvalue weighted by Crippen LogP contribution is -2.36. The van der Waals surface area contributed by atoms with E-state index in [4.69, 9.17) is 0 Å². The summed E-state index contributed by atoms with van der Waals surface area (Å²) in [7, 11) is 0. The van der Waals surface area contributed by atoms with E-state index in [1.165, 1.54) is 4.88 Å². The van der Waals surface area contributed by atoms with Crippen molar-refractivity contribution >= 4 is 17.4 Å². The molecule has 0 atom stereocenters. The number of rotatable bonds is 6. The fraction of sp³-hybridized carbons (Fsp3) is 0.211. The number of nitrogens with zero attached hydrogens (tertiary/aromatic N) is 2. The first kappa shape index (κ1) is 17.1. The Morgan fingerprint density at radius 1 is 1.08 bits per heavy atom. The zero-order valence-electron chi connectivity index (χ0n) is 14.0. The number of aryl methyl sites for hydroxylation is 1. The molecule has 0 saturated heterocycles. The van der Waals surface area contributed by atoms with Gasteiger partial charge in [0.2, 0.25) is 0 Å². The van der Waals surface area contributed by atoms with Crippen LogP contribution in [0, 0.1) is 6.92 Å². The smallest absolute Gasteiger partial charge is 0.315 e. The maximum Gasteiger partial charge on any atom is 0.315 e. The molecule has 0 spiro atoms. The summed E-state index contributed by atoms with van der Waals surface area (Å²) in [5.74, 6) is 0. The maximum absolute atomic E-state index is 11.9. The molecule has 0 aliphatic carbocycles. The molecule has 1 aromatic carbocycles. The highest BCUT2D eigenvalue weighted by atomic mass is 32.1. The van der Waals surface area contributed by atoms with Crippen molar-refractivity contribution in [2.75, 3.05) is 6.54 Å². The number of urea groups is 1. The van der Waals surface area contributed by atoms with Crippen molar-refractivity contribution in [2.45, 2.75) is 19.9 Å². The lowest BCUT2D eigenvalue weighted by atomic mass is 10.2. The molecule has 5 nitrogen and oxygen atoms in total. The van der Waals surface area contributed by atoms with E-state index < -0.39 is 0 Å². The summed E-state index contributed by atoms with van der Waals surface area (Å²) < 4.78 is 0. The molecule has 2 N–H and O–H groups in total. The largest absolute Gasteiger partial charge is 0.338 e. The summed E-state index contributed by atoms with van der Waals surface area (Å²) in [6.07, 6.45) is 2.53. The van der Waals surface area contributed by atoms with Crippen molar-refractivity contribution in [1.29, 1.82) is 0 Å². The van der Waals surface area contributed by atoms with E-state index in [2.05, 4.69) is 20.6 Å². The average Bonchev–Trinajstić information content (AvgIpc) is 3.02. The van der Waals surface area contributed by atoms with Crippen molar-refractivity contribution in [3.05, 3.63) is 70.9 Å². The molecule has 2 amide bonds. The fourth-order valence-electron chi connectivity index (χ4n) is 2.39. The molecule has 3 aromatic rings. The van der Waals surface area contributed by atoms with Gasteiger partial charge in [-0.05, 0) is 24.6 Å². The number of pyridine rings is 1. The van der Waals surface area contributed by atoms with Gasteiger partial charge in [0.25, 0.3) is 0 Å². The maximum atomic E-state index is 11.9. The topological polar surface area (TPSA) is 66.9 Å². The Bertz CT molecular complexity index is 818. The first-order valence-corrected chi connectivity index (χ1v) is 8.97. The van der Waals surface area contributed by atoms with Gasteiger partial charge in [-0.1, -0.05) is 36.4 Å². The first-order chi connectivity index (χ1) is 12.2. The summed E-state index contributed by atoms with van der Waals surface area (Å²) >= 11 is 1.63. The van der Waals surface area contributed by atoms with Crippen LogP contribution in [-0.2, 0) is 13.0 Å². The molecule has 0 radical (unpaired) electrons. The Kier molecular flexibility index (Phi) is 5.74. The van der Waals surface area contributed by atoms with Gasteiger partial charge < -0.3 is 10.6 Å². The van der Waals surface area contributed by atoms with E-state index >= 15 is 0 Å². The second kappa shape index (κ2) is 8.39. The van der Waals surface area contributed by atoms with E-state index in [0.29, 0.717) is 13.1 Å². The Labute approximate surface area is 151 Å². The number of aromatic nitrogens is 2. The SMILES string of the molecule is Cc1nc(-c2ccccn2)sc1CCNC(=O)NCc1ccccc1. The Balaban J connectivity index is 1.47. The second-order valence-corrected chi connectivity index (χ2v) is 6.67. The van der Waals surface area contributed by atoms with E-state index in [1.807, 2.05) is 55.5 Å². The first-order valence-electron chi connectivity index (χ1n) is 8.15. The van der Waals surface area contributed by atoms with Crippen molar-refractivity contribution in [2.24, 2.45) is 0 Å².